The highest BCUT2D eigenvalue weighted by Gasteiger charge is 2.26. The Bertz CT molecular complexity index is 1290. The first kappa shape index (κ1) is 24.2. The SMILES string of the molecule is N#CC(=Cc1ccc2c(c1)OCO2)C(=O)OCC(=O)Nc1ccc(S(=O)(=O)N2CCOCC2)cc1. The molecule has 35 heavy (non-hydrogen) atoms. The molecule has 0 aliphatic carbocycles. The van der Waals surface area contributed by atoms with E-state index >= 15 is 0 Å². The summed E-state index contributed by atoms with van der Waals surface area (Å²) in [6.45, 7) is 0.695. The summed E-state index contributed by atoms with van der Waals surface area (Å²) in [5, 5.41) is 11.8. The molecule has 182 valence electrons. The summed E-state index contributed by atoms with van der Waals surface area (Å²) < 4.78 is 47.3. The predicted molar refractivity (Wildman–Crippen MR) is 122 cm³/mol. The maximum atomic E-state index is 12.7. The van der Waals surface area contributed by atoms with E-state index in [1.165, 1.54) is 34.6 Å². The molecule has 1 saturated heterocycles. The van der Waals surface area contributed by atoms with Crippen LogP contribution in [0.5, 0.6) is 11.5 Å². The summed E-state index contributed by atoms with van der Waals surface area (Å²) in [5.41, 5.74) is 0.553. The molecule has 0 radical (unpaired) electrons. The quantitative estimate of drug-likeness (QED) is 0.341. The van der Waals surface area contributed by atoms with Gasteiger partial charge in [0.15, 0.2) is 18.1 Å². The standard InChI is InChI=1S/C23H21N3O8S/c24-13-17(11-16-1-6-20-21(12-16)34-15-33-20)23(28)32-14-22(27)25-18-2-4-19(5-3-18)35(29,30)26-7-9-31-10-8-26/h1-6,11-12H,7-10,14-15H2,(H,25,27). The van der Waals surface area contributed by atoms with Crippen molar-refractivity contribution in [1.29, 1.82) is 5.26 Å². The Morgan fingerprint density at radius 1 is 1.09 bits per heavy atom. The molecule has 12 heteroatoms. The van der Waals surface area contributed by atoms with E-state index in [9.17, 15) is 23.3 Å². The summed E-state index contributed by atoms with van der Waals surface area (Å²) in [6, 6.07) is 12.3. The van der Waals surface area contributed by atoms with Crippen LogP contribution >= 0.6 is 0 Å². The van der Waals surface area contributed by atoms with Crippen LogP contribution in [0, 0.1) is 11.3 Å². The van der Waals surface area contributed by atoms with Crippen molar-refractivity contribution in [3.63, 3.8) is 0 Å². The number of nitriles is 1. The van der Waals surface area contributed by atoms with Gasteiger partial charge in [-0.15, -0.1) is 0 Å². The fraction of sp³-hybridized carbons (Fsp3) is 0.261. The van der Waals surface area contributed by atoms with Gasteiger partial charge in [0.1, 0.15) is 11.6 Å². The number of carbonyl (C=O) groups is 2. The molecule has 1 fully saturated rings. The molecule has 11 nitrogen and oxygen atoms in total. The first-order valence-electron chi connectivity index (χ1n) is 10.5. The van der Waals surface area contributed by atoms with Gasteiger partial charge in [-0.05, 0) is 48.0 Å². The number of carbonyl (C=O) groups excluding carboxylic acids is 2. The molecule has 2 aliphatic rings. The molecule has 4 rings (SSSR count). The summed E-state index contributed by atoms with van der Waals surface area (Å²) >= 11 is 0. The van der Waals surface area contributed by atoms with Crippen molar-refractivity contribution in [2.24, 2.45) is 0 Å². The number of sulfonamides is 1. The lowest BCUT2D eigenvalue weighted by Gasteiger charge is -2.26. The highest BCUT2D eigenvalue weighted by Crippen LogP contribution is 2.33. The number of morpholine rings is 1. The Morgan fingerprint density at radius 2 is 1.80 bits per heavy atom. The Hall–Kier alpha value is -3.92. The highest BCUT2D eigenvalue weighted by molar-refractivity contribution is 7.89. The second kappa shape index (κ2) is 10.6. The number of benzene rings is 2. The van der Waals surface area contributed by atoms with Crippen LogP contribution in [0.2, 0.25) is 0 Å². The molecule has 1 N–H and O–H groups in total. The first-order valence-corrected chi connectivity index (χ1v) is 12.0. The number of hydrogen-bond acceptors (Lipinski definition) is 9. The smallest absolute Gasteiger partial charge is 0.349 e. The summed E-state index contributed by atoms with van der Waals surface area (Å²) in [7, 11) is -3.65. The average molecular weight is 500 g/mol. The second-order valence-electron chi connectivity index (χ2n) is 7.45. The molecule has 0 bridgehead atoms. The zero-order valence-corrected chi connectivity index (χ0v) is 19.2. The van der Waals surface area contributed by atoms with Gasteiger partial charge in [-0.1, -0.05) is 6.07 Å². The number of hydrogen-bond donors (Lipinski definition) is 1. The van der Waals surface area contributed by atoms with Gasteiger partial charge in [0.05, 0.1) is 18.1 Å². The molecular formula is C23H21N3O8S. The van der Waals surface area contributed by atoms with Crippen LogP contribution in [-0.4, -0.2) is 64.3 Å². The lowest BCUT2D eigenvalue weighted by molar-refractivity contribution is -0.142. The fourth-order valence-electron chi connectivity index (χ4n) is 3.36. The first-order chi connectivity index (χ1) is 16.9. The van der Waals surface area contributed by atoms with Crippen LogP contribution in [0.15, 0.2) is 52.9 Å². The zero-order valence-electron chi connectivity index (χ0n) is 18.4. The van der Waals surface area contributed by atoms with Gasteiger partial charge < -0.3 is 24.3 Å². The van der Waals surface area contributed by atoms with Gasteiger partial charge in [-0.2, -0.15) is 9.57 Å². The number of nitrogens with one attached hydrogen (secondary N) is 1. The summed E-state index contributed by atoms with van der Waals surface area (Å²) in [4.78, 5) is 24.5. The van der Waals surface area contributed by atoms with Gasteiger partial charge in [0, 0.05) is 18.8 Å². The maximum absolute atomic E-state index is 12.7. The van der Waals surface area contributed by atoms with Crippen molar-refractivity contribution in [1.82, 2.24) is 4.31 Å². The third kappa shape index (κ3) is 5.78. The number of nitrogens with zero attached hydrogens (tertiary/aromatic N) is 2. The average Bonchev–Trinajstić information content (AvgIpc) is 3.34. The third-order valence-corrected chi connectivity index (χ3v) is 7.04. The van der Waals surface area contributed by atoms with E-state index in [2.05, 4.69) is 5.32 Å². The number of rotatable bonds is 7. The molecule has 2 aromatic rings. The van der Waals surface area contributed by atoms with E-state index in [0.29, 0.717) is 36.0 Å². The second-order valence-corrected chi connectivity index (χ2v) is 9.39. The van der Waals surface area contributed by atoms with Crippen LogP contribution in [0.3, 0.4) is 0 Å². The summed E-state index contributed by atoms with van der Waals surface area (Å²) in [5.74, 6) is -0.561. The Labute approximate surface area is 201 Å². The van der Waals surface area contributed by atoms with Crippen LogP contribution in [0.25, 0.3) is 6.08 Å². The van der Waals surface area contributed by atoms with Gasteiger partial charge in [-0.3, -0.25) is 4.79 Å². The number of fused-ring (bicyclic) bond motifs is 1. The van der Waals surface area contributed by atoms with Crippen LogP contribution in [0.1, 0.15) is 5.56 Å². The van der Waals surface area contributed by atoms with Gasteiger partial charge in [0.2, 0.25) is 16.8 Å². The lowest BCUT2D eigenvalue weighted by atomic mass is 10.1. The molecule has 0 spiro atoms. The van der Waals surface area contributed by atoms with Crippen LogP contribution < -0.4 is 14.8 Å². The molecule has 0 aromatic heterocycles. The highest BCUT2D eigenvalue weighted by atomic mass is 32.2. The summed E-state index contributed by atoms with van der Waals surface area (Å²) in [6.07, 6.45) is 1.32. The van der Waals surface area contributed by atoms with Gasteiger partial charge in [0.25, 0.3) is 5.91 Å². The van der Waals surface area contributed by atoms with Gasteiger partial charge in [-0.25, -0.2) is 13.2 Å². The van der Waals surface area contributed by atoms with Crippen molar-refractivity contribution in [3.8, 4) is 17.6 Å². The van der Waals surface area contributed by atoms with Crippen molar-refractivity contribution < 1.29 is 37.0 Å². The van der Waals surface area contributed by atoms with E-state index in [1.807, 2.05) is 0 Å². The monoisotopic (exact) mass is 499 g/mol. The Balaban J connectivity index is 1.32. The fourth-order valence-corrected chi connectivity index (χ4v) is 4.77. The molecule has 2 aliphatic heterocycles. The lowest BCUT2D eigenvalue weighted by Crippen LogP contribution is -2.40. The van der Waals surface area contributed by atoms with E-state index < -0.39 is 28.5 Å². The largest absolute Gasteiger partial charge is 0.454 e. The number of esters is 1. The van der Waals surface area contributed by atoms with Crippen LogP contribution in [-0.2, 0) is 29.1 Å². The van der Waals surface area contributed by atoms with Crippen LogP contribution in [0.4, 0.5) is 5.69 Å². The zero-order chi connectivity index (χ0) is 24.8. The topological polar surface area (TPSA) is 144 Å². The van der Waals surface area contributed by atoms with E-state index in [-0.39, 0.29) is 30.4 Å². The molecule has 0 saturated carbocycles. The van der Waals surface area contributed by atoms with E-state index in [4.69, 9.17) is 18.9 Å². The van der Waals surface area contributed by atoms with Crippen molar-refractivity contribution in [2.75, 3.05) is 45.0 Å². The molecule has 2 aromatic carbocycles. The van der Waals surface area contributed by atoms with Gasteiger partial charge >= 0.3 is 5.97 Å². The third-order valence-electron chi connectivity index (χ3n) is 5.13. The molecule has 2 heterocycles. The Kier molecular flexibility index (Phi) is 7.31. The minimum absolute atomic E-state index is 0.0937. The normalized spacial score (nSPS) is 15.8. The number of anilines is 1. The van der Waals surface area contributed by atoms with Crippen molar-refractivity contribution in [2.45, 2.75) is 4.90 Å². The molecular weight excluding hydrogens is 478 g/mol. The number of ether oxygens (including phenoxy) is 4. The number of amides is 1. The minimum atomic E-state index is -3.65. The van der Waals surface area contributed by atoms with Crippen molar-refractivity contribution in [3.05, 3.63) is 53.6 Å². The minimum Gasteiger partial charge on any atom is -0.454 e. The molecule has 0 unspecified atom stereocenters. The molecule has 1 amide bonds. The Morgan fingerprint density at radius 3 is 2.51 bits per heavy atom. The predicted octanol–water partition coefficient (Wildman–Crippen LogP) is 1.53. The van der Waals surface area contributed by atoms with E-state index in [0.717, 1.165) is 0 Å². The maximum Gasteiger partial charge on any atom is 0.349 e. The van der Waals surface area contributed by atoms with E-state index in [1.54, 1.807) is 24.3 Å². The molecule has 0 atom stereocenters. The van der Waals surface area contributed by atoms with Crippen molar-refractivity contribution >= 4 is 33.7 Å².